The molecular weight excluding hydrogens is 238 g/mol. The summed E-state index contributed by atoms with van der Waals surface area (Å²) in [5, 5.41) is 13.0. The van der Waals surface area contributed by atoms with E-state index < -0.39 is 0 Å². The van der Waals surface area contributed by atoms with Crippen LogP contribution >= 0.6 is 0 Å². The fourth-order valence-electron chi connectivity index (χ4n) is 1.84. The molecule has 100 valence electrons. The summed E-state index contributed by atoms with van der Waals surface area (Å²) in [4.78, 5) is 4.35. The average Bonchev–Trinajstić information content (AvgIpc) is 2.89. The summed E-state index contributed by atoms with van der Waals surface area (Å²) in [6.45, 7) is 8.07. The molecule has 0 saturated heterocycles. The van der Waals surface area contributed by atoms with Crippen LogP contribution in [0.3, 0.4) is 0 Å². The highest BCUT2D eigenvalue weighted by Crippen LogP contribution is 2.26. The molecule has 5 heteroatoms. The SMILES string of the molecule is C=C1N=C(C)C=C(c2cn[nH]c2)N1/N=C\CCCC. The quantitative estimate of drug-likeness (QED) is 0.650. The Morgan fingerprint density at radius 3 is 3.05 bits per heavy atom. The topological polar surface area (TPSA) is 56.6 Å². The van der Waals surface area contributed by atoms with Crippen LogP contribution in [-0.2, 0) is 0 Å². The summed E-state index contributed by atoms with van der Waals surface area (Å²) in [5.41, 5.74) is 2.84. The monoisotopic (exact) mass is 257 g/mol. The maximum Gasteiger partial charge on any atom is 0.147 e. The Hall–Kier alpha value is -2.17. The van der Waals surface area contributed by atoms with E-state index in [1.54, 1.807) is 11.2 Å². The standard InChI is InChI=1S/C14H19N5/c1-4-5-6-7-17-19-12(3)18-11(2)8-14(19)13-9-15-16-10-13/h7-10H,3-6H2,1-2H3,(H,15,16)/b17-7-. The maximum absolute atomic E-state index is 4.47. The fraction of sp³-hybridized carbons (Fsp3) is 0.357. The minimum Gasteiger partial charge on any atom is -0.285 e. The van der Waals surface area contributed by atoms with Gasteiger partial charge >= 0.3 is 0 Å². The van der Waals surface area contributed by atoms with E-state index >= 15 is 0 Å². The van der Waals surface area contributed by atoms with Gasteiger partial charge in [0.25, 0.3) is 0 Å². The first-order valence-corrected chi connectivity index (χ1v) is 6.50. The molecule has 1 aromatic rings. The largest absolute Gasteiger partial charge is 0.285 e. The summed E-state index contributed by atoms with van der Waals surface area (Å²) in [6, 6.07) is 0. The molecule has 0 radical (unpaired) electrons. The summed E-state index contributed by atoms with van der Waals surface area (Å²) >= 11 is 0. The van der Waals surface area contributed by atoms with E-state index in [0.717, 1.165) is 36.2 Å². The van der Waals surface area contributed by atoms with Gasteiger partial charge in [0.15, 0.2) is 0 Å². The Morgan fingerprint density at radius 2 is 2.37 bits per heavy atom. The lowest BCUT2D eigenvalue weighted by atomic mass is 10.2. The minimum atomic E-state index is 0.629. The minimum absolute atomic E-state index is 0.629. The molecule has 0 saturated carbocycles. The first-order chi connectivity index (χ1) is 9.22. The second kappa shape index (κ2) is 6.13. The molecule has 1 aliphatic heterocycles. The zero-order chi connectivity index (χ0) is 13.7. The molecule has 0 spiro atoms. The molecule has 0 amide bonds. The predicted molar refractivity (Wildman–Crippen MR) is 78.7 cm³/mol. The van der Waals surface area contributed by atoms with Gasteiger partial charge in [-0.25, -0.2) is 10.0 Å². The Balaban J connectivity index is 2.22. The Morgan fingerprint density at radius 1 is 1.53 bits per heavy atom. The first kappa shape index (κ1) is 13.3. The van der Waals surface area contributed by atoms with Gasteiger partial charge < -0.3 is 0 Å². The van der Waals surface area contributed by atoms with Gasteiger partial charge in [0, 0.05) is 23.7 Å². The van der Waals surface area contributed by atoms with E-state index in [2.05, 4.69) is 33.8 Å². The summed E-state index contributed by atoms with van der Waals surface area (Å²) in [6.07, 6.45) is 10.8. The number of unbranched alkanes of at least 4 members (excludes halogenated alkanes) is 2. The number of rotatable bonds is 5. The second-order valence-electron chi connectivity index (χ2n) is 4.44. The van der Waals surface area contributed by atoms with Crippen LogP contribution in [0, 0.1) is 0 Å². The molecule has 1 N–H and O–H groups in total. The molecular formula is C14H19N5. The average molecular weight is 257 g/mol. The Labute approximate surface area is 113 Å². The Kier molecular flexibility index (Phi) is 4.28. The van der Waals surface area contributed by atoms with Crippen LogP contribution in [0.2, 0.25) is 0 Å². The van der Waals surface area contributed by atoms with Crippen LogP contribution in [0.1, 0.15) is 38.7 Å². The van der Waals surface area contributed by atoms with Gasteiger partial charge in [0.05, 0.1) is 11.9 Å². The molecule has 0 aromatic carbocycles. The lowest BCUT2D eigenvalue weighted by molar-refractivity contribution is 0.517. The number of nitrogens with zero attached hydrogens (tertiary/aromatic N) is 4. The van der Waals surface area contributed by atoms with Crippen LogP contribution < -0.4 is 0 Å². The normalized spacial score (nSPS) is 15.9. The maximum atomic E-state index is 4.47. The Bertz CT molecular complexity index is 522. The molecule has 2 heterocycles. The molecule has 5 nitrogen and oxygen atoms in total. The second-order valence-corrected chi connectivity index (χ2v) is 4.44. The third-order valence-corrected chi connectivity index (χ3v) is 2.80. The highest BCUT2D eigenvalue weighted by molar-refractivity contribution is 6.01. The number of hydrogen-bond acceptors (Lipinski definition) is 4. The third kappa shape index (κ3) is 3.19. The molecule has 0 unspecified atom stereocenters. The van der Waals surface area contributed by atoms with E-state index in [1.807, 2.05) is 25.4 Å². The molecule has 0 fully saturated rings. The van der Waals surface area contributed by atoms with Crippen molar-refractivity contribution in [3.8, 4) is 0 Å². The van der Waals surface area contributed by atoms with Crippen molar-refractivity contribution in [2.45, 2.75) is 33.1 Å². The van der Waals surface area contributed by atoms with Crippen molar-refractivity contribution >= 4 is 17.6 Å². The van der Waals surface area contributed by atoms with Gasteiger partial charge in [0.2, 0.25) is 0 Å². The summed E-state index contributed by atoms with van der Waals surface area (Å²) in [5.74, 6) is 0.629. The highest BCUT2D eigenvalue weighted by atomic mass is 15.5. The van der Waals surface area contributed by atoms with E-state index in [0.29, 0.717) is 5.82 Å². The number of aromatic nitrogens is 2. The van der Waals surface area contributed by atoms with Crippen molar-refractivity contribution in [3.05, 3.63) is 36.4 Å². The van der Waals surface area contributed by atoms with E-state index in [-0.39, 0.29) is 0 Å². The van der Waals surface area contributed by atoms with Gasteiger partial charge in [-0.15, -0.1) is 0 Å². The number of aromatic amines is 1. The van der Waals surface area contributed by atoms with Crippen molar-refractivity contribution < 1.29 is 0 Å². The summed E-state index contributed by atoms with van der Waals surface area (Å²) < 4.78 is 0. The van der Waals surface area contributed by atoms with Crippen molar-refractivity contribution in [2.75, 3.05) is 0 Å². The molecule has 0 bridgehead atoms. The van der Waals surface area contributed by atoms with Crippen molar-refractivity contribution in [2.24, 2.45) is 10.1 Å². The number of hydrogen-bond donors (Lipinski definition) is 1. The van der Waals surface area contributed by atoms with Crippen LogP contribution in [-0.4, -0.2) is 27.1 Å². The number of H-pyrrole nitrogens is 1. The number of allylic oxidation sites excluding steroid dienone is 1. The van der Waals surface area contributed by atoms with Crippen molar-refractivity contribution in [1.82, 2.24) is 15.2 Å². The molecule has 0 aliphatic carbocycles. The molecule has 0 atom stereocenters. The molecule has 1 aliphatic rings. The third-order valence-electron chi connectivity index (χ3n) is 2.80. The van der Waals surface area contributed by atoms with Crippen LogP contribution in [0.5, 0.6) is 0 Å². The van der Waals surface area contributed by atoms with Crippen LogP contribution in [0.25, 0.3) is 5.70 Å². The zero-order valence-electron chi connectivity index (χ0n) is 11.4. The van der Waals surface area contributed by atoms with Crippen molar-refractivity contribution in [1.29, 1.82) is 0 Å². The zero-order valence-corrected chi connectivity index (χ0v) is 11.4. The lowest BCUT2D eigenvalue weighted by Crippen LogP contribution is -2.19. The van der Waals surface area contributed by atoms with E-state index in [1.165, 1.54) is 0 Å². The molecule has 1 aromatic heterocycles. The van der Waals surface area contributed by atoms with Gasteiger partial charge in [-0.3, -0.25) is 5.10 Å². The van der Waals surface area contributed by atoms with E-state index in [4.69, 9.17) is 0 Å². The van der Waals surface area contributed by atoms with Gasteiger partial charge in [-0.05, 0) is 25.8 Å². The van der Waals surface area contributed by atoms with Gasteiger partial charge in [-0.2, -0.15) is 10.2 Å². The number of nitrogens with one attached hydrogen (secondary N) is 1. The van der Waals surface area contributed by atoms with Gasteiger partial charge in [-0.1, -0.05) is 19.9 Å². The predicted octanol–water partition coefficient (Wildman–Crippen LogP) is 3.17. The first-order valence-electron chi connectivity index (χ1n) is 6.50. The van der Waals surface area contributed by atoms with Crippen molar-refractivity contribution in [3.63, 3.8) is 0 Å². The molecule has 2 rings (SSSR count). The number of hydrazone groups is 1. The molecule has 19 heavy (non-hydrogen) atoms. The smallest absolute Gasteiger partial charge is 0.147 e. The van der Waals surface area contributed by atoms with E-state index in [9.17, 15) is 0 Å². The highest BCUT2D eigenvalue weighted by Gasteiger charge is 2.18. The van der Waals surface area contributed by atoms with Crippen LogP contribution in [0.15, 0.2) is 41.0 Å². The lowest BCUT2D eigenvalue weighted by Gasteiger charge is -2.24. The van der Waals surface area contributed by atoms with Crippen LogP contribution in [0.4, 0.5) is 0 Å². The fourth-order valence-corrected chi connectivity index (χ4v) is 1.84. The van der Waals surface area contributed by atoms with Gasteiger partial charge in [0.1, 0.15) is 5.82 Å². The summed E-state index contributed by atoms with van der Waals surface area (Å²) in [7, 11) is 0. The number of aliphatic imine (C=N–C) groups is 1.